The SMILES string of the molecule is CCOc1ccccc1NC(=O)NCC(O)(c1ccsc1)c1cccs1. The number of carbonyl (C=O) groups is 1. The Kier molecular flexibility index (Phi) is 5.92. The Morgan fingerprint density at radius 2 is 2.04 bits per heavy atom. The second kappa shape index (κ2) is 8.35. The normalized spacial score (nSPS) is 13.0. The number of nitrogens with one attached hydrogen (secondary N) is 2. The van der Waals surface area contributed by atoms with Crippen LogP contribution in [0.15, 0.2) is 58.6 Å². The highest BCUT2D eigenvalue weighted by atomic mass is 32.1. The maximum absolute atomic E-state index is 12.4. The van der Waals surface area contributed by atoms with E-state index in [-0.39, 0.29) is 6.54 Å². The Morgan fingerprint density at radius 3 is 2.73 bits per heavy atom. The molecule has 0 aliphatic heterocycles. The molecule has 1 aromatic carbocycles. The third kappa shape index (κ3) is 4.07. The molecule has 0 spiro atoms. The van der Waals surface area contributed by atoms with E-state index in [1.165, 1.54) is 22.7 Å². The second-order valence-electron chi connectivity index (χ2n) is 5.59. The first-order valence-electron chi connectivity index (χ1n) is 8.19. The van der Waals surface area contributed by atoms with Crippen LogP contribution in [-0.2, 0) is 5.60 Å². The van der Waals surface area contributed by atoms with Crippen molar-refractivity contribution < 1.29 is 14.6 Å². The summed E-state index contributed by atoms with van der Waals surface area (Å²) in [6, 6.07) is 12.5. The van der Waals surface area contributed by atoms with E-state index in [4.69, 9.17) is 4.74 Å². The van der Waals surface area contributed by atoms with Gasteiger partial charge in [-0.1, -0.05) is 18.2 Å². The molecule has 0 radical (unpaired) electrons. The molecule has 0 bridgehead atoms. The molecular formula is C19H20N2O3S2. The van der Waals surface area contributed by atoms with Crippen LogP contribution in [0, 0.1) is 0 Å². The lowest BCUT2D eigenvalue weighted by atomic mass is 9.94. The molecule has 2 aromatic heterocycles. The molecule has 3 aromatic rings. The number of hydrogen-bond donors (Lipinski definition) is 3. The summed E-state index contributed by atoms with van der Waals surface area (Å²) in [4.78, 5) is 13.2. The first kappa shape index (κ1) is 18.4. The first-order valence-corrected chi connectivity index (χ1v) is 10.0. The van der Waals surface area contributed by atoms with Gasteiger partial charge in [0, 0.05) is 10.4 Å². The molecular weight excluding hydrogens is 368 g/mol. The summed E-state index contributed by atoms with van der Waals surface area (Å²) < 4.78 is 5.51. The van der Waals surface area contributed by atoms with Crippen LogP contribution in [0.1, 0.15) is 17.4 Å². The van der Waals surface area contributed by atoms with E-state index in [0.29, 0.717) is 18.0 Å². The lowest BCUT2D eigenvalue weighted by molar-refractivity contribution is 0.0871. The number of benzene rings is 1. The summed E-state index contributed by atoms with van der Waals surface area (Å²) in [5.74, 6) is 0.608. The highest BCUT2D eigenvalue weighted by Gasteiger charge is 2.33. The summed E-state index contributed by atoms with van der Waals surface area (Å²) in [5, 5.41) is 22.5. The lowest BCUT2D eigenvalue weighted by Crippen LogP contribution is -2.42. The summed E-state index contributed by atoms with van der Waals surface area (Å²) in [5.41, 5.74) is 0.0901. The van der Waals surface area contributed by atoms with Crippen LogP contribution in [0.2, 0.25) is 0 Å². The average molecular weight is 389 g/mol. The molecule has 0 saturated heterocycles. The number of rotatable bonds is 7. The summed E-state index contributed by atoms with van der Waals surface area (Å²) in [6.45, 7) is 2.46. The van der Waals surface area contributed by atoms with Gasteiger partial charge in [0.2, 0.25) is 0 Å². The number of urea groups is 1. The third-order valence-corrected chi connectivity index (χ3v) is 5.57. The Hall–Kier alpha value is -2.35. The minimum atomic E-state index is -1.26. The number of ether oxygens (including phenoxy) is 1. The van der Waals surface area contributed by atoms with E-state index in [1.54, 1.807) is 12.1 Å². The largest absolute Gasteiger partial charge is 0.492 e. The fourth-order valence-corrected chi connectivity index (χ4v) is 4.14. The maximum atomic E-state index is 12.4. The van der Waals surface area contributed by atoms with E-state index < -0.39 is 11.6 Å². The molecule has 0 fully saturated rings. The molecule has 5 nitrogen and oxygen atoms in total. The summed E-state index contributed by atoms with van der Waals surface area (Å²) >= 11 is 2.96. The van der Waals surface area contributed by atoms with Gasteiger partial charge in [0.1, 0.15) is 11.4 Å². The quantitative estimate of drug-likeness (QED) is 0.566. The van der Waals surface area contributed by atoms with Crippen LogP contribution < -0.4 is 15.4 Å². The van der Waals surface area contributed by atoms with Crippen molar-refractivity contribution in [2.24, 2.45) is 0 Å². The molecule has 3 rings (SSSR count). The van der Waals surface area contributed by atoms with Crippen LogP contribution in [0.5, 0.6) is 5.75 Å². The van der Waals surface area contributed by atoms with Crippen molar-refractivity contribution in [3.05, 3.63) is 69.0 Å². The van der Waals surface area contributed by atoms with Crippen molar-refractivity contribution in [2.75, 3.05) is 18.5 Å². The predicted octanol–water partition coefficient (Wildman–Crippen LogP) is 4.27. The van der Waals surface area contributed by atoms with E-state index in [2.05, 4.69) is 10.6 Å². The van der Waals surface area contributed by atoms with E-state index in [0.717, 1.165) is 10.4 Å². The highest BCUT2D eigenvalue weighted by Crippen LogP contribution is 2.33. The van der Waals surface area contributed by atoms with Crippen molar-refractivity contribution in [1.82, 2.24) is 5.32 Å². The predicted molar refractivity (Wildman–Crippen MR) is 106 cm³/mol. The topological polar surface area (TPSA) is 70.6 Å². The fraction of sp³-hybridized carbons (Fsp3) is 0.211. The molecule has 26 heavy (non-hydrogen) atoms. The molecule has 136 valence electrons. The molecule has 0 aliphatic rings. The zero-order valence-corrected chi connectivity index (χ0v) is 15.9. The van der Waals surface area contributed by atoms with Gasteiger partial charge in [0.25, 0.3) is 0 Å². The van der Waals surface area contributed by atoms with Gasteiger partial charge in [-0.25, -0.2) is 4.79 Å². The van der Waals surface area contributed by atoms with Crippen molar-refractivity contribution in [3.63, 3.8) is 0 Å². The second-order valence-corrected chi connectivity index (χ2v) is 7.31. The number of thiophene rings is 2. The molecule has 0 aliphatic carbocycles. The van der Waals surface area contributed by atoms with E-state index in [1.807, 2.05) is 53.4 Å². The Morgan fingerprint density at radius 1 is 1.19 bits per heavy atom. The Bertz CT molecular complexity index is 798. The zero-order valence-electron chi connectivity index (χ0n) is 14.3. The van der Waals surface area contributed by atoms with Crippen LogP contribution in [0.3, 0.4) is 0 Å². The number of anilines is 1. The standard InChI is InChI=1S/C19H20N2O3S2/c1-2-24-16-7-4-3-6-15(16)21-18(22)20-13-19(23,14-9-11-25-12-14)17-8-5-10-26-17/h3-12,23H,2,13H2,1H3,(H2,20,21,22). The highest BCUT2D eigenvalue weighted by molar-refractivity contribution is 7.10. The maximum Gasteiger partial charge on any atom is 0.319 e. The molecule has 1 atom stereocenters. The van der Waals surface area contributed by atoms with Crippen LogP contribution >= 0.6 is 22.7 Å². The van der Waals surface area contributed by atoms with Crippen molar-refractivity contribution >= 4 is 34.4 Å². The van der Waals surface area contributed by atoms with Gasteiger partial charge in [0.05, 0.1) is 18.8 Å². The number of hydrogen-bond acceptors (Lipinski definition) is 5. The van der Waals surface area contributed by atoms with Gasteiger partial charge in [-0.2, -0.15) is 11.3 Å². The Labute approximate surface area is 160 Å². The molecule has 2 amide bonds. The van der Waals surface area contributed by atoms with Gasteiger partial charge in [0.15, 0.2) is 0 Å². The monoisotopic (exact) mass is 388 g/mol. The third-order valence-electron chi connectivity index (χ3n) is 3.87. The molecule has 0 saturated carbocycles. The number of aliphatic hydroxyl groups is 1. The lowest BCUT2D eigenvalue weighted by Gasteiger charge is -2.27. The van der Waals surface area contributed by atoms with E-state index in [9.17, 15) is 9.90 Å². The van der Waals surface area contributed by atoms with Crippen LogP contribution in [0.25, 0.3) is 0 Å². The van der Waals surface area contributed by atoms with Crippen molar-refractivity contribution in [1.29, 1.82) is 0 Å². The molecule has 2 heterocycles. The summed E-state index contributed by atoms with van der Waals surface area (Å²) in [6.07, 6.45) is 0. The Balaban J connectivity index is 1.71. The average Bonchev–Trinajstić information content (AvgIpc) is 3.35. The van der Waals surface area contributed by atoms with Crippen LogP contribution in [-0.4, -0.2) is 24.3 Å². The zero-order chi connectivity index (χ0) is 18.4. The number of carbonyl (C=O) groups excluding carboxylic acids is 1. The molecule has 7 heteroatoms. The first-order chi connectivity index (χ1) is 12.6. The van der Waals surface area contributed by atoms with Gasteiger partial charge in [-0.15, -0.1) is 11.3 Å². The van der Waals surface area contributed by atoms with Gasteiger partial charge >= 0.3 is 6.03 Å². The van der Waals surface area contributed by atoms with Crippen molar-refractivity contribution in [2.45, 2.75) is 12.5 Å². The van der Waals surface area contributed by atoms with E-state index >= 15 is 0 Å². The molecule has 3 N–H and O–H groups in total. The summed E-state index contributed by atoms with van der Waals surface area (Å²) in [7, 11) is 0. The van der Waals surface area contributed by atoms with Gasteiger partial charge in [-0.05, 0) is 47.3 Å². The van der Waals surface area contributed by atoms with Crippen molar-refractivity contribution in [3.8, 4) is 5.75 Å². The number of para-hydroxylation sites is 2. The van der Waals surface area contributed by atoms with Crippen LogP contribution in [0.4, 0.5) is 10.5 Å². The number of amides is 2. The molecule has 1 unspecified atom stereocenters. The fourth-order valence-electron chi connectivity index (χ4n) is 2.57. The minimum absolute atomic E-state index is 0.0624. The van der Waals surface area contributed by atoms with Gasteiger partial charge in [-0.3, -0.25) is 0 Å². The smallest absolute Gasteiger partial charge is 0.319 e. The minimum Gasteiger partial charge on any atom is -0.492 e. The van der Waals surface area contributed by atoms with Gasteiger partial charge < -0.3 is 20.5 Å².